The zero-order valence-electron chi connectivity index (χ0n) is 19.2. The molecular weight excluding hydrogens is 513 g/mol. The lowest BCUT2D eigenvalue weighted by Crippen LogP contribution is -2.29. The van der Waals surface area contributed by atoms with Crippen molar-refractivity contribution in [1.29, 1.82) is 0 Å². The molecule has 4 amide bonds. The summed E-state index contributed by atoms with van der Waals surface area (Å²) < 4.78 is 39.1. The summed E-state index contributed by atoms with van der Waals surface area (Å²) in [5.41, 5.74) is 0.830. The van der Waals surface area contributed by atoms with E-state index in [-0.39, 0.29) is 11.5 Å². The van der Waals surface area contributed by atoms with Crippen LogP contribution in [0.25, 0.3) is 0 Å². The van der Waals surface area contributed by atoms with Crippen molar-refractivity contribution >= 4 is 46.5 Å². The van der Waals surface area contributed by atoms with Crippen LogP contribution in [0.2, 0.25) is 5.02 Å². The van der Waals surface area contributed by atoms with Gasteiger partial charge in [0, 0.05) is 17.9 Å². The Morgan fingerprint density at radius 3 is 2.38 bits per heavy atom. The first-order valence-electron chi connectivity index (χ1n) is 11.0. The first-order valence-corrected chi connectivity index (χ1v) is 11.4. The maximum Gasteiger partial charge on any atom is 0.417 e. The number of rotatable bonds is 6. The fraction of sp³-hybridized carbons (Fsp3) is 0.217. The first-order chi connectivity index (χ1) is 17.7. The topological polar surface area (TPSA) is 133 Å². The van der Waals surface area contributed by atoms with Crippen LogP contribution < -0.4 is 21.3 Å². The van der Waals surface area contributed by atoms with Crippen LogP contribution in [-0.2, 0) is 6.18 Å². The van der Waals surface area contributed by atoms with Crippen molar-refractivity contribution in [3.05, 3.63) is 70.6 Å². The van der Waals surface area contributed by atoms with Crippen LogP contribution in [0.3, 0.4) is 0 Å². The molecule has 0 bridgehead atoms. The molecule has 0 radical (unpaired) electrons. The second-order valence-corrected chi connectivity index (χ2v) is 8.26. The molecule has 192 valence electrons. The fourth-order valence-electron chi connectivity index (χ4n) is 3.43. The van der Waals surface area contributed by atoms with E-state index >= 15 is 0 Å². The van der Waals surface area contributed by atoms with Crippen molar-refractivity contribution < 1.29 is 22.8 Å². The normalized spacial score (nSPS) is 14.1. The summed E-state index contributed by atoms with van der Waals surface area (Å²) in [7, 11) is 0. The molecule has 10 nitrogen and oxygen atoms in total. The second-order valence-electron chi connectivity index (χ2n) is 7.85. The number of aromatic nitrogens is 2. The Labute approximate surface area is 213 Å². The number of carbonyl (C=O) groups excluding carboxylic acids is 2. The molecule has 1 atom stereocenters. The lowest BCUT2D eigenvalue weighted by molar-refractivity contribution is -0.137. The molecule has 0 spiro atoms. The first kappa shape index (κ1) is 25.8. The van der Waals surface area contributed by atoms with E-state index in [1.165, 1.54) is 12.4 Å². The summed E-state index contributed by atoms with van der Waals surface area (Å²) in [6.45, 7) is 2.44. The fourth-order valence-corrected chi connectivity index (χ4v) is 3.65. The number of alkyl halides is 3. The van der Waals surface area contributed by atoms with Gasteiger partial charge >= 0.3 is 18.2 Å². The Hall–Kier alpha value is -4.26. The van der Waals surface area contributed by atoms with Gasteiger partial charge in [0.25, 0.3) is 0 Å². The number of fused-ring (bicyclic) bond motifs is 1. The molecule has 0 aliphatic carbocycles. The zero-order valence-corrected chi connectivity index (χ0v) is 20.0. The van der Waals surface area contributed by atoms with Gasteiger partial charge in [0.15, 0.2) is 11.5 Å². The van der Waals surface area contributed by atoms with Gasteiger partial charge in [-0.05, 0) is 42.3 Å². The van der Waals surface area contributed by atoms with E-state index in [1.807, 2.05) is 6.92 Å². The molecule has 1 unspecified atom stereocenters. The summed E-state index contributed by atoms with van der Waals surface area (Å²) in [6, 6.07) is 7.98. The van der Waals surface area contributed by atoms with Gasteiger partial charge in [-0.1, -0.05) is 30.7 Å². The van der Waals surface area contributed by atoms with E-state index in [4.69, 9.17) is 11.6 Å². The Morgan fingerprint density at radius 2 is 1.68 bits per heavy atom. The monoisotopic (exact) mass is 532 g/mol. The number of anilines is 3. The molecule has 14 heteroatoms. The Kier molecular flexibility index (Phi) is 7.53. The lowest BCUT2D eigenvalue weighted by Gasteiger charge is -2.13. The summed E-state index contributed by atoms with van der Waals surface area (Å²) in [5, 5.41) is 18.1. The Balaban J connectivity index is 1.42. The van der Waals surface area contributed by atoms with E-state index in [1.54, 1.807) is 24.3 Å². The van der Waals surface area contributed by atoms with Crippen molar-refractivity contribution in [3.8, 4) is 0 Å². The predicted octanol–water partition coefficient (Wildman–Crippen LogP) is 6.51. The lowest BCUT2D eigenvalue weighted by atomic mass is 10.0. The van der Waals surface area contributed by atoms with Crippen LogP contribution in [0.4, 0.5) is 45.6 Å². The summed E-state index contributed by atoms with van der Waals surface area (Å²) in [6.07, 6.45) is -2.57. The highest BCUT2D eigenvalue weighted by molar-refractivity contribution is 6.31. The number of halogens is 4. The SMILES string of the molecule is CCCNC(=O)Nc1ncnc2c1N=NC2c1ccc(NC(=O)Nc2ccc(Cl)c(C(F)(F)F)c2)cc1. The highest BCUT2D eigenvalue weighted by Crippen LogP contribution is 2.42. The Morgan fingerprint density at radius 1 is 0.973 bits per heavy atom. The van der Waals surface area contributed by atoms with E-state index in [0.29, 0.717) is 29.2 Å². The third kappa shape index (κ3) is 6.12. The molecule has 0 saturated carbocycles. The quantitative estimate of drug-likeness (QED) is 0.288. The van der Waals surface area contributed by atoms with Gasteiger partial charge in [-0.2, -0.15) is 18.3 Å². The van der Waals surface area contributed by atoms with Gasteiger partial charge in [0.05, 0.1) is 10.6 Å². The molecule has 1 aliphatic heterocycles. The number of hydrogen-bond acceptors (Lipinski definition) is 6. The van der Waals surface area contributed by atoms with Crippen molar-refractivity contribution in [1.82, 2.24) is 15.3 Å². The molecule has 4 N–H and O–H groups in total. The number of carbonyl (C=O) groups is 2. The maximum absolute atomic E-state index is 13.0. The zero-order chi connectivity index (χ0) is 26.6. The smallest absolute Gasteiger partial charge is 0.338 e. The number of benzene rings is 2. The maximum atomic E-state index is 13.0. The van der Waals surface area contributed by atoms with Crippen molar-refractivity contribution in [2.24, 2.45) is 10.2 Å². The average molecular weight is 533 g/mol. The van der Waals surface area contributed by atoms with Crippen molar-refractivity contribution in [2.75, 3.05) is 22.5 Å². The summed E-state index contributed by atoms with van der Waals surface area (Å²) in [5.74, 6) is 0.232. The van der Waals surface area contributed by atoms with Gasteiger partial charge in [0.2, 0.25) is 0 Å². The van der Waals surface area contributed by atoms with Crippen molar-refractivity contribution in [3.63, 3.8) is 0 Å². The van der Waals surface area contributed by atoms with Crippen molar-refractivity contribution in [2.45, 2.75) is 25.6 Å². The number of nitrogens with zero attached hydrogens (tertiary/aromatic N) is 4. The average Bonchev–Trinajstić information content (AvgIpc) is 3.29. The Bertz CT molecular complexity index is 1350. The van der Waals surface area contributed by atoms with Gasteiger partial charge in [-0.25, -0.2) is 19.6 Å². The molecule has 2 aromatic carbocycles. The molecule has 1 aromatic heterocycles. The standard InChI is InChI=1S/C23H20ClF3N8O2/c1-2-9-28-21(36)33-20-19-18(29-11-30-20)17(34-35-19)12-3-5-13(6-4-12)31-22(37)32-14-7-8-16(24)15(10-14)23(25,26)27/h3-8,10-11,17H,2,9H2,1H3,(H2,31,32,37)(H2,28,29,30,33,36). The molecule has 2 heterocycles. The molecular formula is C23H20ClF3N8O2. The summed E-state index contributed by atoms with van der Waals surface area (Å²) >= 11 is 5.60. The minimum atomic E-state index is -4.65. The van der Waals surface area contributed by atoms with Crippen LogP contribution in [0, 0.1) is 0 Å². The number of urea groups is 2. The van der Waals surface area contributed by atoms with Crippen LogP contribution >= 0.6 is 11.6 Å². The van der Waals surface area contributed by atoms with E-state index in [2.05, 4.69) is 41.5 Å². The molecule has 4 rings (SSSR count). The van der Waals surface area contributed by atoms with E-state index in [0.717, 1.165) is 18.6 Å². The van der Waals surface area contributed by atoms with Crippen LogP contribution in [0.15, 0.2) is 59.0 Å². The number of nitrogens with one attached hydrogen (secondary N) is 4. The molecule has 0 fully saturated rings. The van der Waals surface area contributed by atoms with Crippen LogP contribution in [0.5, 0.6) is 0 Å². The number of azo groups is 1. The van der Waals surface area contributed by atoms with Crippen LogP contribution in [-0.4, -0.2) is 28.6 Å². The van der Waals surface area contributed by atoms with Gasteiger partial charge in [0.1, 0.15) is 18.1 Å². The molecule has 1 aliphatic rings. The highest BCUT2D eigenvalue weighted by atomic mass is 35.5. The molecule has 3 aromatic rings. The molecule has 37 heavy (non-hydrogen) atoms. The number of hydrogen-bond donors (Lipinski definition) is 4. The highest BCUT2D eigenvalue weighted by Gasteiger charge is 2.33. The molecule has 0 saturated heterocycles. The van der Waals surface area contributed by atoms with Gasteiger partial charge in [-0.15, -0.1) is 5.11 Å². The van der Waals surface area contributed by atoms with Crippen LogP contribution in [0.1, 0.15) is 36.2 Å². The van der Waals surface area contributed by atoms with Gasteiger partial charge in [-0.3, -0.25) is 5.32 Å². The predicted molar refractivity (Wildman–Crippen MR) is 131 cm³/mol. The third-order valence-electron chi connectivity index (χ3n) is 5.16. The second kappa shape index (κ2) is 10.8. The van der Waals surface area contributed by atoms with E-state index in [9.17, 15) is 22.8 Å². The van der Waals surface area contributed by atoms with E-state index < -0.39 is 34.9 Å². The number of amides is 4. The van der Waals surface area contributed by atoms with Gasteiger partial charge < -0.3 is 16.0 Å². The summed E-state index contributed by atoms with van der Waals surface area (Å²) in [4.78, 5) is 32.6. The minimum absolute atomic E-state index is 0.0682. The largest absolute Gasteiger partial charge is 0.417 e. The minimum Gasteiger partial charge on any atom is -0.338 e. The third-order valence-corrected chi connectivity index (χ3v) is 5.49.